The van der Waals surface area contributed by atoms with Crippen LogP contribution in [0.5, 0.6) is 17.2 Å². The number of aromatic amines is 1. The first kappa shape index (κ1) is 16.6. The smallest absolute Gasteiger partial charge is 0.257 e. The van der Waals surface area contributed by atoms with Gasteiger partial charge in [0.1, 0.15) is 0 Å². The third kappa shape index (κ3) is 4.12. The predicted molar refractivity (Wildman–Crippen MR) is 84.3 cm³/mol. The SMILES string of the molecule is CCOc1cc(C(=O)Nc2cn[nH]n2)cc(OCC)c1OCC. The van der Waals surface area contributed by atoms with Gasteiger partial charge in [-0.3, -0.25) is 4.79 Å². The molecule has 124 valence electrons. The van der Waals surface area contributed by atoms with Gasteiger partial charge < -0.3 is 19.5 Å². The summed E-state index contributed by atoms with van der Waals surface area (Å²) < 4.78 is 16.8. The molecule has 1 aromatic carbocycles. The first-order chi connectivity index (χ1) is 11.2. The zero-order valence-corrected chi connectivity index (χ0v) is 13.4. The molecule has 0 aliphatic heterocycles. The molecule has 2 N–H and O–H groups in total. The van der Waals surface area contributed by atoms with Crippen molar-refractivity contribution in [2.24, 2.45) is 0 Å². The average Bonchev–Trinajstić information content (AvgIpc) is 3.03. The van der Waals surface area contributed by atoms with Gasteiger partial charge in [0.2, 0.25) is 5.75 Å². The summed E-state index contributed by atoms with van der Waals surface area (Å²) in [5.41, 5.74) is 0.378. The molecule has 0 saturated heterocycles. The molecule has 23 heavy (non-hydrogen) atoms. The first-order valence-electron chi connectivity index (χ1n) is 7.43. The Morgan fingerprint density at radius 3 is 2.17 bits per heavy atom. The molecule has 0 bridgehead atoms. The summed E-state index contributed by atoms with van der Waals surface area (Å²) in [6, 6.07) is 3.23. The molecular formula is C15H20N4O4. The number of benzene rings is 1. The number of aromatic nitrogens is 3. The largest absolute Gasteiger partial charge is 0.490 e. The first-order valence-corrected chi connectivity index (χ1v) is 7.43. The zero-order chi connectivity index (χ0) is 16.7. The van der Waals surface area contributed by atoms with Crippen LogP contribution in [0.3, 0.4) is 0 Å². The van der Waals surface area contributed by atoms with Gasteiger partial charge in [-0.15, -0.1) is 5.10 Å². The minimum absolute atomic E-state index is 0.333. The second-order valence-electron chi connectivity index (χ2n) is 4.41. The van der Waals surface area contributed by atoms with Gasteiger partial charge in [0.05, 0.1) is 26.0 Å². The van der Waals surface area contributed by atoms with E-state index in [0.717, 1.165) is 0 Å². The van der Waals surface area contributed by atoms with E-state index in [2.05, 4.69) is 20.7 Å². The van der Waals surface area contributed by atoms with Gasteiger partial charge >= 0.3 is 0 Å². The third-order valence-corrected chi connectivity index (χ3v) is 2.83. The average molecular weight is 320 g/mol. The van der Waals surface area contributed by atoms with E-state index in [0.29, 0.717) is 48.5 Å². The predicted octanol–water partition coefficient (Wildman–Crippen LogP) is 2.25. The van der Waals surface area contributed by atoms with Gasteiger partial charge in [0, 0.05) is 5.56 Å². The van der Waals surface area contributed by atoms with E-state index in [-0.39, 0.29) is 5.91 Å². The number of carbonyl (C=O) groups excluding carboxylic acids is 1. The number of hydrogen-bond donors (Lipinski definition) is 2. The lowest BCUT2D eigenvalue weighted by Gasteiger charge is -2.16. The molecule has 8 heteroatoms. The van der Waals surface area contributed by atoms with Crippen LogP contribution in [-0.4, -0.2) is 41.1 Å². The summed E-state index contributed by atoms with van der Waals surface area (Å²) >= 11 is 0. The molecule has 0 saturated carbocycles. The third-order valence-electron chi connectivity index (χ3n) is 2.83. The van der Waals surface area contributed by atoms with Gasteiger partial charge in [-0.2, -0.15) is 10.3 Å². The number of nitrogens with zero attached hydrogens (tertiary/aromatic N) is 2. The highest BCUT2D eigenvalue weighted by molar-refractivity contribution is 6.04. The van der Waals surface area contributed by atoms with E-state index >= 15 is 0 Å². The number of anilines is 1. The minimum atomic E-state index is -0.344. The normalized spacial score (nSPS) is 10.2. The van der Waals surface area contributed by atoms with Crippen molar-refractivity contribution >= 4 is 11.7 Å². The molecule has 1 aromatic heterocycles. The molecule has 1 heterocycles. The van der Waals surface area contributed by atoms with Crippen molar-refractivity contribution in [1.29, 1.82) is 0 Å². The second kappa shape index (κ2) is 8.02. The van der Waals surface area contributed by atoms with Crippen LogP contribution in [-0.2, 0) is 0 Å². The van der Waals surface area contributed by atoms with Crippen LogP contribution in [0.15, 0.2) is 18.3 Å². The molecule has 0 aliphatic rings. The monoisotopic (exact) mass is 320 g/mol. The van der Waals surface area contributed by atoms with Crippen LogP contribution >= 0.6 is 0 Å². The number of nitrogens with one attached hydrogen (secondary N) is 2. The fourth-order valence-corrected chi connectivity index (χ4v) is 1.97. The van der Waals surface area contributed by atoms with Crippen LogP contribution in [0.4, 0.5) is 5.82 Å². The van der Waals surface area contributed by atoms with E-state index in [1.807, 2.05) is 20.8 Å². The van der Waals surface area contributed by atoms with Crippen molar-refractivity contribution in [2.75, 3.05) is 25.1 Å². The van der Waals surface area contributed by atoms with Crippen LogP contribution in [0, 0.1) is 0 Å². The number of hydrogen-bond acceptors (Lipinski definition) is 6. The lowest BCUT2D eigenvalue weighted by atomic mass is 10.1. The summed E-state index contributed by atoms with van der Waals surface area (Å²) in [5, 5.41) is 12.5. The molecule has 2 aromatic rings. The van der Waals surface area contributed by atoms with Gasteiger partial charge in [-0.05, 0) is 32.9 Å². The van der Waals surface area contributed by atoms with E-state index in [4.69, 9.17) is 14.2 Å². The molecule has 0 aliphatic carbocycles. The minimum Gasteiger partial charge on any atom is -0.490 e. The van der Waals surface area contributed by atoms with Crippen molar-refractivity contribution in [1.82, 2.24) is 15.4 Å². The topological polar surface area (TPSA) is 98.4 Å². The molecule has 0 spiro atoms. The van der Waals surface area contributed by atoms with E-state index in [1.165, 1.54) is 6.20 Å². The molecule has 0 radical (unpaired) electrons. The summed E-state index contributed by atoms with van der Waals surface area (Å²) in [6.07, 6.45) is 1.42. The molecule has 0 fully saturated rings. The molecule has 0 unspecified atom stereocenters. The Morgan fingerprint density at radius 2 is 1.70 bits per heavy atom. The van der Waals surface area contributed by atoms with Crippen LogP contribution in [0.2, 0.25) is 0 Å². The Bertz CT molecular complexity index is 616. The van der Waals surface area contributed by atoms with Crippen molar-refractivity contribution in [3.8, 4) is 17.2 Å². The van der Waals surface area contributed by atoms with E-state index < -0.39 is 0 Å². The number of rotatable bonds is 8. The lowest BCUT2D eigenvalue weighted by molar-refractivity contribution is 0.102. The van der Waals surface area contributed by atoms with Gasteiger partial charge in [-0.1, -0.05) is 0 Å². The maximum atomic E-state index is 12.3. The molecule has 2 rings (SSSR count). The maximum absolute atomic E-state index is 12.3. The fraction of sp³-hybridized carbons (Fsp3) is 0.400. The highest BCUT2D eigenvalue weighted by Crippen LogP contribution is 2.39. The van der Waals surface area contributed by atoms with Crippen molar-refractivity contribution in [2.45, 2.75) is 20.8 Å². The Kier molecular flexibility index (Phi) is 5.79. The van der Waals surface area contributed by atoms with Gasteiger partial charge in [0.15, 0.2) is 17.3 Å². The van der Waals surface area contributed by atoms with Crippen LogP contribution in [0.1, 0.15) is 31.1 Å². The Balaban J connectivity index is 2.36. The van der Waals surface area contributed by atoms with Crippen molar-refractivity contribution in [3.63, 3.8) is 0 Å². The zero-order valence-electron chi connectivity index (χ0n) is 13.4. The van der Waals surface area contributed by atoms with Gasteiger partial charge in [-0.25, -0.2) is 0 Å². The molecule has 1 amide bonds. The Morgan fingerprint density at radius 1 is 1.09 bits per heavy atom. The summed E-state index contributed by atoms with van der Waals surface area (Å²) in [4.78, 5) is 12.3. The van der Waals surface area contributed by atoms with Crippen molar-refractivity contribution in [3.05, 3.63) is 23.9 Å². The maximum Gasteiger partial charge on any atom is 0.257 e. The summed E-state index contributed by atoms with van der Waals surface area (Å²) in [5.74, 6) is 1.41. The highest BCUT2D eigenvalue weighted by atomic mass is 16.5. The number of H-pyrrole nitrogens is 1. The number of carbonyl (C=O) groups is 1. The van der Waals surface area contributed by atoms with Gasteiger partial charge in [0.25, 0.3) is 5.91 Å². The Labute approximate surface area is 134 Å². The fourth-order valence-electron chi connectivity index (χ4n) is 1.97. The molecular weight excluding hydrogens is 300 g/mol. The van der Waals surface area contributed by atoms with Crippen LogP contribution < -0.4 is 19.5 Å². The number of ether oxygens (including phenoxy) is 3. The lowest BCUT2D eigenvalue weighted by Crippen LogP contribution is -2.13. The summed E-state index contributed by atoms with van der Waals surface area (Å²) in [6.45, 7) is 6.94. The van der Waals surface area contributed by atoms with Crippen molar-refractivity contribution < 1.29 is 19.0 Å². The van der Waals surface area contributed by atoms with Crippen LogP contribution in [0.25, 0.3) is 0 Å². The second-order valence-corrected chi connectivity index (χ2v) is 4.41. The van der Waals surface area contributed by atoms with E-state index in [1.54, 1.807) is 12.1 Å². The quantitative estimate of drug-likeness (QED) is 0.774. The number of amides is 1. The Hall–Kier alpha value is -2.77. The van der Waals surface area contributed by atoms with E-state index in [9.17, 15) is 4.79 Å². The summed E-state index contributed by atoms with van der Waals surface area (Å²) in [7, 11) is 0. The highest BCUT2D eigenvalue weighted by Gasteiger charge is 2.18. The molecule has 8 nitrogen and oxygen atoms in total. The standard InChI is InChI=1S/C15H20N4O4/c1-4-21-11-7-10(15(20)17-13-9-16-19-18-13)8-12(22-5-2)14(11)23-6-3/h7-9H,4-6H2,1-3H3,(H2,16,17,18,19,20). The molecule has 0 atom stereocenters.